The fraction of sp³-hybridized carbons (Fsp3) is 0.500. The summed E-state index contributed by atoms with van der Waals surface area (Å²) >= 11 is 0. The molecule has 0 bridgehead atoms. The van der Waals surface area contributed by atoms with Crippen LogP contribution in [0.15, 0.2) is 18.5 Å². The van der Waals surface area contributed by atoms with Crippen LogP contribution in [0.1, 0.15) is 25.0 Å². The molecule has 6 nitrogen and oxygen atoms in total. The molecule has 3 heterocycles. The molecule has 6 heteroatoms. The first-order valence-electron chi connectivity index (χ1n) is 6.91. The zero-order chi connectivity index (χ0) is 14.1. The van der Waals surface area contributed by atoms with Gasteiger partial charge in [0.05, 0.1) is 5.69 Å². The molecule has 20 heavy (non-hydrogen) atoms. The molecule has 3 rings (SSSR count). The van der Waals surface area contributed by atoms with Crippen LogP contribution in [-0.4, -0.2) is 38.8 Å². The highest BCUT2D eigenvalue weighted by Gasteiger charge is 2.24. The van der Waals surface area contributed by atoms with Gasteiger partial charge >= 0.3 is 5.97 Å². The van der Waals surface area contributed by atoms with Crippen molar-refractivity contribution < 1.29 is 9.90 Å². The van der Waals surface area contributed by atoms with Gasteiger partial charge in [0.1, 0.15) is 5.52 Å². The lowest BCUT2D eigenvalue weighted by atomic mass is 9.95. The van der Waals surface area contributed by atoms with E-state index in [1.165, 1.54) is 0 Å². The normalized spacial score (nSPS) is 19.4. The van der Waals surface area contributed by atoms with Crippen molar-refractivity contribution in [1.82, 2.24) is 14.6 Å². The fourth-order valence-corrected chi connectivity index (χ4v) is 2.95. The Morgan fingerprint density at radius 1 is 1.55 bits per heavy atom. The van der Waals surface area contributed by atoms with Crippen LogP contribution in [0.4, 0.5) is 5.82 Å². The Hall–Kier alpha value is -2.11. The number of piperidine rings is 1. The van der Waals surface area contributed by atoms with Crippen LogP contribution >= 0.6 is 0 Å². The maximum atomic E-state index is 10.9. The van der Waals surface area contributed by atoms with Gasteiger partial charge in [0.15, 0.2) is 5.82 Å². The fourth-order valence-electron chi connectivity index (χ4n) is 2.95. The smallest absolute Gasteiger partial charge is 0.303 e. The summed E-state index contributed by atoms with van der Waals surface area (Å²) in [5, 5.41) is 13.3. The van der Waals surface area contributed by atoms with Gasteiger partial charge in [-0.05, 0) is 31.7 Å². The van der Waals surface area contributed by atoms with Gasteiger partial charge in [-0.15, -0.1) is 0 Å². The number of anilines is 1. The molecule has 0 saturated carbocycles. The monoisotopic (exact) mass is 274 g/mol. The first-order valence-corrected chi connectivity index (χ1v) is 6.91. The number of rotatable bonds is 3. The number of aliphatic carboxylic acids is 1. The Labute approximate surface area is 117 Å². The molecule has 0 aliphatic carbocycles. The van der Waals surface area contributed by atoms with Gasteiger partial charge in [-0.3, -0.25) is 4.79 Å². The molecule has 106 valence electrons. The van der Waals surface area contributed by atoms with E-state index in [0.717, 1.165) is 43.0 Å². The Morgan fingerprint density at radius 2 is 2.40 bits per heavy atom. The number of hydrogen-bond acceptors (Lipinski definition) is 4. The summed E-state index contributed by atoms with van der Waals surface area (Å²) in [6.07, 6.45) is 5.80. The van der Waals surface area contributed by atoms with Gasteiger partial charge in [-0.25, -0.2) is 9.50 Å². The quantitative estimate of drug-likeness (QED) is 0.923. The highest BCUT2D eigenvalue weighted by molar-refractivity contribution is 5.70. The average Bonchev–Trinajstić information content (AvgIpc) is 2.78. The summed E-state index contributed by atoms with van der Waals surface area (Å²) in [4.78, 5) is 17.5. The molecule has 0 aromatic carbocycles. The Morgan fingerprint density at radius 3 is 3.20 bits per heavy atom. The van der Waals surface area contributed by atoms with Crippen molar-refractivity contribution in [3.63, 3.8) is 0 Å². The van der Waals surface area contributed by atoms with E-state index in [0.29, 0.717) is 0 Å². The highest BCUT2D eigenvalue weighted by Crippen LogP contribution is 2.26. The molecular formula is C14H18N4O2. The van der Waals surface area contributed by atoms with E-state index in [4.69, 9.17) is 5.11 Å². The van der Waals surface area contributed by atoms with E-state index >= 15 is 0 Å². The molecule has 0 amide bonds. The number of aryl methyl sites for hydroxylation is 1. The van der Waals surface area contributed by atoms with Crippen LogP contribution in [0.25, 0.3) is 5.52 Å². The SMILES string of the molecule is Cc1cc2c(N3CCCC(CC(=O)O)C3)nccn2n1. The van der Waals surface area contributed by atoms with Gasteiger partial charge in [-0.2, -0.15) is 5.10 Å². The summed E-state index contributed by atoms with van der Waals surface area (Å²) in [6, 6.07) is 2.02. The van der Waals surface area contributed by atoms with Crippen LogP contribution in [0.5, 0.6) is 0 Å². The summed E-state index contributed by atoms with van der Waals surface area (Å²) < 4.78 is 1.83. The standard InChI is InChI=1S/C14H18N4O2/c1-10-7-12-14(15-4-6-18(12)16-10)17-5-2-3-11(9-17)8-13(19)20/h4,6-7,11H,2-3,5,8-9H2,1H3,(H,19,20). The third-order valence-corrected chi connectivity index (χ3v) is 3.77. The minimum Gasteiger partial charge on any atom is -0.481 e. The molecule has 0 radical (unpaired) electrons. The van der Waals surface area contributed by atoms with E-state index in [1.54, 1.807) is 6.20 Å². The zero-order valence-electron chi connectivity index (χ0n) is 11.5. The maximum absolute atomic E-state index is 10.9. The number of carbonyl (C=O) groups is 1. The van der Waals surface area contributed by atoms with Crippen LogP contribution in [0.2, 0.25) is 0 Å². The number of nitrogens with zero attached hydrogens (tertiary/aromatic N) is 4. The molecule has 1 aliphatic rings. The van der Waals surface area contributed by atoms with Gasteiger partial charge in [0, 0.05) is 31.9 Å². The zero-order valence-corrected chi connectivity index (χ0v) is 11.5. The molecule has 0 spiro atoms. The summed E-state index contributed by atoms with van der Waals surface area (Å²) in [6.45, 7) is 3.64. The van der Waals surface area contributed by atoms with E-state index in [9.17, 15) is 4.79 Å². The van der Waals surface area contributed by atoms with Gasteiger partial charge in [0.25, 0.3) is 0 Å². The Kier molecular flexibility index (Phi) is 3.30. The maximum Gasteiger partial charge on any atom is 0.303 e. The van der Waals surface area contributed by atoms with E-state index in [1.807, 2.05) is 23.7 Å². The Bertz CT molecular complexity index is 637. The van der Waals surface area contributed by atoms with Crippen molar-refractivity contribution in [3.05, 3.63) is 24.2 Å². The van der Waals surface area contributed by atoms with Gasteiger partial charge in [0.2, 0.25) is 0 Å². The number of carboxylic acid groups (broad SMARTS) is 1. The predicted octanol–water partition coefficient (Wildman–Crippen LogP) is 1.73. The molecule has 2 aromatic rings. The summed E-state index contributed by atoms with van der Waals surface area (Å²) in [5.41, 5.74) is 1.94. The average molecular weight is 274 g/mol. The lowest BCUT2D eigenvalue weighted by Crippen LogP contribution is -2.37. The van der Waals surface area contributed by atoms with Crippen LogP contribution in [0, 0.1) is 12.8 Å². The molecule has 1 aliphatic heterocycles. The number of hydrogen-bond donors (Lipinski definition) is 1. The molecule has 1 unspecified atom stereocenters. The minimum absolute atomic E-state index is 0.201. The lowest BCUT2D eigenvalue weighted by Gasteiger charge is -2.33. The van der Waals surface area contributed by atoms with Gasteiger partial charge < -0.3 is 10.0 Å². The molecule has 1 fully saturated rings. The van der Waals surface area contributed by atoms with Crippen molar-refractivity contribution >= 4 is 17.3 Å². The second kappa shape index (κ2) is 5.11. The number of aromatic nitrogens is 3. The van der Waals surface area contributed by atoms with E-state index in [-0.39, 0.29) is 12.3 Å². The van der Waals surface area contributed by atoms with Crippen molar-refractivity contribution in [2.24, 2.45) is 5.92 Å². The summed E-state index contributed by atoms with van der Waals surface area (Å²) in [7, 11) is 0. The second-order valence-electron chi connectivity index (χ2n) is 5.42. The number of fused-ring (bicyclic) bond motifs is 1. The molecule has 1 N–H and O–H groups in total. The van der Waals surface area contributed by atoms with Crippen molar-refractivity contribution in [1.29, 1.82) is 0 Å². The predicted molar refractivity (Wildman–Crippen MR) is 74.9 cm³/mol. The largest absolute Gasteiger partial charge is 0.481 e. The first kappa shape index (κ1) is 12.9. The molecule has 1 saturated heterocycles. The van der Waals surface area contributed by atoms with E-state index < -0.39 is 5.97 Å². The second-order valence-corrected chi connectivity index (χ2v) is 5.42. The summed E-state index contributed by atoms with van der Waals surface area (Å²) in [5.74, 6) is 0.388. The van der Waals surface area contributed by atoms with Crippen molar-refractivity contribution in [2.75, 3.05) is 18.0 Å². The third kappa shape index (κ3) is 2.45. The third-order valence-electron chi connectivity index (χ3n) is 3.77. The van der Waals surface area contributed by atoms with Gasteiger partial charge in [-0.1, -0.05) is 0 Å². The molecular weight excluding hydrogens is 256 g/mol. The molecule has 1 atom stereocenters. The number of carboxylic acids is 1. The van der Waals surface area contributed by atoms with Crippen LogP contribution in [0.3, 0.4) is 0 Å². The molecule has 2 aromatic heterocycles. The van der Waals surface area contributed by atoms with Crippen LogP contribution in [-0.2, 0) is 4.79 Å². The Balaban J connectivity index is 1.88. The highest BCUT2D eigenvalue weighted by atomic mass is 16.4. The van der Waals surface area contributed by atoms with E-state index in [2.05, 4.69) is 15.0 Å². The lowest BCUT2D eigenvalue weighted by molar-refractivity contribution is -0.138. The minimum atomic E-state index is -0.719. The first-order chi connectivity index (χ1) is 9.63. The van der Waals surface area contributed by atoms with Crippen molar-refractivity contribution in [2.45, 2.75) is 26.2 Å². The van der Waals surface area contributed by atoms with Crippen LogP contribution < -0.4 is 4.90 Å². The van der Waals surface area contributed by atoms with Crippen molar-refractivity contribution in [3.8, 4) is 0 Å². The topological polar surface area (TPSA) is 70.7 Å².